The van der Waals surface area contributed by atoms with Crippen molar-refractivity contribution in [3.8, 4) is 0 Å². The molecule has 0 bridgehead atoms. The van der Waals surface area contributed by atoms with Gasteiger partial charge in [-0.05, 0) is 46.2 Å². The van der Waals surface area contributed by atoms with E-state index in [9.17, 15) is 9.59 Å². The van der Waals surface area contributed by atoms with Crippen LogP contribution in [0.15, 0.2) is 24.5 Å². The van der Waals surface area contributed by atoms with Crippen LogP contribution in [0.3, 0.4) is 0 Å². The summed E-state index contributed by atoms with van der Waals surface area (Å²) in [6.45, 7) is 8.88. The molecular formula is C16H24N2O4. The zero-order valence-electron chi connectivity index (χ0n) is 13.8. The van der Waals surface area contributed by atoms with Gasteiger partial charge in [0.1, 0.15) is 5.60 Å². The Hall–Kier alpha value is -2.11. The molecule has 1 heterocycles. The molecule has 22 heavy (non-hydrogen) atoms. The van der Waals surface area contributed by atoms with E-state index >= 15 is 0 Å². The fourth-order valence-corrected chi connectivity index (χ4v) is 1.76. The Morgan fingerprint density at radius 1 is 1.32 bits per heavy atom. The first-order valence-electron chi connectivity index (χ1n) is 7.26. The first-order valence-corrected chi connectivity index (χ1v) is 7.26. The summed E-state index contributed by atoms with van der Waals surface area (Å²) in [7, 11) is 0. The second-order valence-electron chi connectivity index (χ2n) is 6.23. The first-order chi connectivity index (χ1) is 10.2. The highest BCUT2D eigenvalue weighted by molar-refractivity contribution is 5.73. The van der Waals surface area contributed by atoms with E-state index in [2.05, 4.69) is 10.3 Å². The number of carbonyl (C=O) groups is 2. The third-order valence-electron chi connectivity index (χ3n) is 2.52. The van der Waals surface area contributed by atoms with Gasteiger partial charge in [0.05, 0.1) is 18.6 Å². The largest absolute Gasteiger partial charge is 0.463 e. The molecule has 0 spiro atoms. The average Bonchev–Trinajstić information content (AvgIpc) is 2.35. The number of hydrogen-bond donors (Lipinski definition) is 1. The highest BCUT2D eigenvalue weighted by atomic mass is 16.6. The summed E-state index contributed by atoms with van der Waals surface area (Å²) in [6.07, 6.45) is 2.45. The number of hydrogen-bond acceptors (Lipinski definition) is 5. The van der Waals surface area contributed by atoms with Crippen LogP contribution in [0.5, 0.6) is 0 Å². The third-order valence-corrected chi connectivity index (χ3v) is 2.52. The van der Waals surface area contributed by atoms with E-state index in [0.29, 0.717) is 5.56 Å². The number of nitrogens with zero attached hydrogens (tertiary/aromatic N) is 1. The van der Waals surface area contributed by atoms with Crippen LogP contribution in [-0.4, -0.2) is 28.8 Å². The Morgan fingerprint density at radius 3 is 2.50 bits per heavy atom. The van der Waals surface area contributed by atoms with Crippen molar-refractivity contribution < 1.29 is 19.1 Å². The lowest BCUT2D eigenvalue weighted by Gasteiger charge is -2.23. The number of alkyl carbamates (subject to hydrolysis) is 1. The number of pyridine rings is 1. The zero-order valence-corrected chi connectivity index (χ0v) is 13.8. The van der Waals surface area contributed by atoms with E-state index in [1.165, 1.54) is 0 Å². The van der Waals surface area contributed by atoms with Crippen LogP contribution < -0.4 is 5.32 Å². The van der Waals surface area contributed by atoms with Gasteiger partial charge in [-0.25, -0.2) is 4.79 Å². The van der Waals surface area contributed by atoms with Crippen molar-refractivity contribution in [1.82, 2.24) is 10.3 Å². The van der Waals surface area contributed by atoms with Gasteiger partial charge in [0.25, 0.3) is 0 Å². The van der Waals surface area contributed by atoms with Crippen molar-refractivity contribution in [1.29, 1.82) is 0 Å². The Balaban J connectivity index is 2.79. The minimum Gasteiger partial charge on any atom is -0.463 e. The van der Waals surface area contributed by atoms with Gasteiger partial charge in [-0.2, -0.15) is 0 Å². The molecule has 6 nitrogen and oxygen atoms in total. The maximum atomic E-state index is 11.9. The third kappa shape index (κ3) is 7.06. The fourth-order valence-electron chi connectivity index (χ4n) is 1.76. The van der Waals surface area contributed by atoms with Gasteiger partial charge in [0.2, 0.25) is 0 Å². The van der Waals surface area contributed by atoms with Gasteiger partial charge in [0.15, 0.2) is 0 Å². The van der Waals surface area contributed by atoms with Crippen LogP contribution in [0, 0.1) is 0 Å². The summed E-state index contributed by atoms with van der Waals surface area (Å²) in [5.74, 6) is -0.389. The molecule has 1 atom stereocenters. The van der Waals surface area contributed by atoms with Crippen LogP contribution >= 0.6 is 0 Å². The van der Waals surface area contributed by atoms with Gasteiger partial charge >= 0.3 is 12.1 Å². The Kier molecular flexibility index (Phi) is 6.34. The molecule has 122 valence electrons. The number of carbonyl (C=O) groups excluding carboxylic acids is 2. The molecule has 1 amide bonds. The van der Waals surface area contributed by atoms with E-state index in [1.54, 1.807) is 59.1 Å². The van der Waals surface area contributed by atoms with Crippen LogP contribution in [0.4, 0.5) is 4.79 Å². The SMILES string of the molecule is CC(C)OC(=O)C[C@@H](NC(=O)OC(C)(C)C)c1cccnc1. The van der Waals surface area contributed by atoms with Gasteiger partial charge < -0.3 is 14.8 Å². The van der Waals surface area contributed by atoms with Crippen molar-refractivity contribution in [3.63, 3.8) is 0 Å². The van der Waals surface area contributed by atoms with Gasteiger partial charge in [-0.15, -0.1) is 0 Å². The number of rotatable bonds is 5. The van der Waals surface area contributed by atoms with Crippen molar-refractivity contribution in [2.45, 2.75) is 58.8 Å². The fraction of sp³-hybridized carbons (Fsp3) is 0.562. The van der Waals surface area contributed by atoms with Crippen molar-refractivity contribution >= 4 is 12.1 Å². The lowest BCUT2D eigenvalue weighted by molar-refractivity contribution is -0.148. The van der Waals surface area contributed by atoms with Crippen LogP contribution in [0.1, 0.15) is 52.6 Å². The van der Waals surface area contributed by atoms with Crippen molar-refractivity contribution in [3.05, 3.63) is 30.1 Å². The Bertz CT molecular complexity index is 495. The molecule has 1 rings (SSSR count). The number of amides is 1. The molecule has 0 aliphatic carbocycles. The standard InChI is InChI=1S/C16H24N2O4/c1-11(2)21-14(19)9-13(12-7-6-8-17-10-12)18-15(20)22-16(3,4)5/h6-8,10-11,13H,9H2,1-5H3,(H,18,20)/t13-/m1/s1. The lowest BCUT2D eigenvalue weighted by atomic mass is 10.1. The molecule has 0 fully saturated rings. The van der Waals surface area contributed by atoms with E-state index in [4.69, 9.17) is 9.47 Å². The molecule has 1 aromatic heterocycles. The Labute approximate surface area is 131 Å². The van der Waals surface area contributed by atoms with Crippen molar-refractivity contribution in [2.75, 3.05) is 0 Å². The van der Waals surface area contributed by atoms with Crippen molar-refractivity contribution in [2.24, 2.45) is 0 Å². The van der Waals surface area contributed by atoms with Crippen LogP contribution in [0.2, 0.25) is 0 Å². The summed E-state index contributed by atoms with van der Waals surface area (Å²) in [4.78, 5) is 27.8. The van der Waals surface area contributed by atoms with Crippen LogP contribution in [-0.2, 0) is 14.3 Å². The number of nitrogens with one attached hydrogen (secondary N) is 1. The smallest absolute Gasteiger partial charge is 0.408 e. The second-order valence-corrected chi connectivity index (χ2v) is 6.23. The van der Waals surface area contributed by atoms with E-state index in [-0.39, 0.29) is 18.5 Å². The molecule has 6 heteroatoms. The molecule has 1 N–H and O–H groups in total. The first kappa shape index (κ1) is 17.9. The zero-order chi connectivity index (χ0) is 16.8. The van der Waals surface area contributed by atoms with E-state index in [0.717, 1.165) is 0 Å². The summed E-state index contributed by atoms with van der Waals surface area (Å²) < 4.78 is 10.4. The molecule has 0 saturated heterocycles. The highest BCUT2D eigenvalue weighted by Gasteiger charge is 2.23. The predicted molar refractivity (Wildman–Crippen MR) is 82.2 cm³/mol. The van der Waals surface area contributed by atoms with Crippen LogP contribution in [0.25, 0.3) is 0 Å². The van der Waals surface area contributed by atoms with E-state index < -0.39 is 17.7 Å². The van der Waals surface area contributed by atoms with E-state index in [1.807, 2.05) is 0 Å². The van der Waals surface area contributed by atoms with Gasteiger partial charge in [-0.1, -0.05) is 6.07 Å². The summed E-state index contributed by atoms with van der Waals surface area (Å²) >= 11 is 0. The lowest BCUT2D eigenvalue weighted by Crippen LogP contribution is -2.36. The minimum atomic E-state index is -0.609. The minimum absolute atomic E-state index is 0.0170. The summed E-state index contributed by atoms with van der Waals surface area (Å²) in [6, 6.07) is 2.99. The molecule has 0 radical (unpaired) electrons. The predicted octanol–water partition coefficient (Wildman–Crippen LogP) is 2.99. The Morgan fingerprint density at radius 2 is 2.00 bits per heavy atom. The monoisotopic (exact) mass is 308 g/mol. The molecule has 0 aliphatic heterocycles. The summed E-state index contributed by atoms with van der Waals surface area (Å²) in [5.41, 5.74) is 0.108. The maximum absolute atomic E-state index is 11.9. The highest BCUT2D eigenvalue weighted by Crippen LogP contribution is 2.18. The molecule has 0 aromatic carbocycles. The number of esters is 1. The molecule has 0 unspecified atom stereocenters. The summed E-state index contributed by atoms with van der Waals surface area (Å²) in [5, 5.41) is 2.69. The number of aromatic nitrogens is 1. The quantitative estimate of drug-likeness (QED) is 0.846. The maximum Gasteiger partial charge on any atom is 0.408 e. The normalized spacial score (nSPS) is 12.6. The molecule has 0 saturated carbocycles. The van der Waals surface area contributed by atoms with Gasteiger partial charge in [0, 0.05) is 12.4 Å². The number of ether oxygens (including phenoxy) is 2. The average molecular weight is 308 g/mol. The molecule has 1 aromatic rings. The topological polar surface area (TPSA) is 77.5 Å². The molecular weight excluding hydrogens is 284 g/mol. The van der Waals surface area contributed by atoms with Gasteiger partial charge in [-0.3, -0.25) is 9.78 Å². The molecule has 0 aliphatic rings. The second kappa shape index (κ2) is 7.77.